The van der Waals surface area contributed by atoms with E-state index >= 15 is 0 Å². The topological polar surface area (TPSA) is 23.6 Å². The highest BCUT2D eigenvalue weighted by Gasteiger charge is 2.28. The normalized spacial score (nSPS) is 23.8. The zero-order valence-electron chi connectivity index (χ0n) is 16.8. The Bertz CT molecular complexity index is 565. The number of para-hydroxylation sites is 1. The minimum absolute atomic E-state index is 0.175. The third-order valence-corrected chi connectivity index (χ3v) is 7.48. The first-order chi connectivity index (χ1) is 13.2. The van der Waals surface area contributed by atoms with Crippen LogP contribution in [0.4, 0.5) is 10.5 Å². The van der Waals surface area contributed by atoms with Gasteiger partial charge in [-0.25, -0.2) is 4.79 Å². The molecule has 3 nitrogen and oxygen atoms in total. The SMILES string of the molecule is CN(C(=O)N(CC1CCCCC1)CC1CCC(CBr)CC1)c1ccccc1. The predicted octanol–water partition coefficient (Wildman–Crippen LogP) is 6.33. The number of urea groups is 1. The molecule has 4 heteroatoms. The maximum absolute atomic E-state index is 13.4. The molecule has 0 heterocycles. The lowest BCUT2D eigenvalue weighted by atomic mass is 9.82. The van der Waals surface area contributed by atoms with Crippen LogP contribution in [0, 0.1) is 17.8 Å². The fourth-order valence-electron chi connectivity index (χ4n) is 4.77. The molecule has 1 aromatic carbocycles. The van der Waals surface area contributed by atoms with Crippen LogP contribution in [0.3, 0.4) is 0 Å². The minimum Gasteiger partial charge on any atom is -0.324 e. The molecule has 27 heavy (non-hydrogen) atoms. The molecular weight excluding hydrogens is 400 g/mol. The van der Waals surface area contributed by atoms with Crippen molar-refractivity contribution in [2.24, 2.45) is 17.8 Å². The van der Waals surface area contributed by atoms with Crippen molar-refractivity contribution in [2.75, 3.05) is 30.4 Å². The van der Waals surface area contributed by atoms with Crippen molar-refractivity contribution in [1.29, 1.82) is 0 Å². The van der Waals surface area contributed by atoms with E-state index < -0.39 is 0 Å². The third kappa shape index (κ3) is 5.97. The maximum Gasteiger partial charge on any atom is 0.324 e. The maximum atomic E-state index is 13.4. The standard InChI is InChI=1S/C23H35BrN2O/c1-25(22-10-6-3-7-11-22)23(27)26(17-20-8-4-2-5-9-20)18-21-14-12-19(16-24)13-15-21/h3,6-7,10-11,19-21H,2,4-5,8-9,12-18H2,1H3. The number of carbonyl (C=O) groups is 1. The molecule has 2 aliphatic rings. The molecule has 0 N–H and O–H groups in total. The van der Waals surface area contributed by atoms with Gasteiger partial charge in [0.05, 0.1) is 0 Å². The fraction of sp³-hybridized carbons (Fsp3) is 0.696. The molecule has 0 spiro atoms. The zero-order valence-corrected chi connectivity index (χ0v) is 18.4. The van der Waals surface area contributed by atoms with Gasteiger partial charge < -0.3 is 4.90 Å². The zero-order chi connectivity index (χ0) is 19.1. The number of amides is 2. The molecule has 0 saturated heterocycles. The van der Waals surface area contributed by atoms with Gasteiger partial charge in [0.15, 0.2) is 0 Å². The number of alkyl halides is 1. The van der Waals surface area contributed by atoms with E-state index in [1.165, 1.54) is 57.8 Å². The van der Waals surface area contributed by atoms with E-state index in [4.69, 9.17) is 0 Å². The Balaban J connectivity index is 1.65. The number of benzene rings is 1. The summed E-state index contributed by atoms with van der Waals surface area (Å²) in [5.74, 6) is 2.18. The van der Waals surface area contributed by atoms with Crippen molar-refractivity contribution in [1.82, 2.24) is 4.90 Å². The monoisotopic (exact) mass is 434 g/mol. The molecule has 1 aromatic rings. The van der Waals surface area contributed by atoms with E-state index in [0.29, 0.717) is 11.8 Å². The van der Waals surface area contributed by atoms with E-state index in [2.05, 4.69) is 20.8 Å². The molecule has 2 saturated carbocycles. The Hall–Kier alpha value is -1.03. The predicted molar refractivity (Wildman–Crippen MR) is 118 cm³/mol. The van der Waals surface area contributed by atoms with Crippen molar-refractivity contribution in [3.05, 3.63) is 30.3 Å². The summed E-state index contributed by atoms with van der Waals surface area (Å²) in [6.07, 6.45) is 11.7. The molecular formula is C23H35BrN2O. The second-order valence-corrected chi connectivity index (χ2v) is 9.27. The van der Waals surface area contributed by atoms with E-state index in [9.17, 15) is 4.79 Å². The van der Waals surface area contributed by atoms with Crippen molar-refractivity contribution in [2.45, 2.75) is 57.8 Å². The van der Waals surface area contributed by atoms with Gasteiger partial charge in [-0.2, -0.15) is 0 Å². The summed E-state index contributed by atoms with van der Waals surface area (Å²) < 4.78 is 0. The summed E-state index contributed by atoms with van der Waals surface area (Å²) in [6, 6.07) is 10.2. The Morgan fingerprint density at radius 2 is 1.44 bits per heavy atom. The Labute approximate surface area is 173 Å². The van der Waals surface area contributed by atoms with Crippen LogP contribution in [0.5, 0.6) is 0 Å². The summed E-state index contributed by atoms with van der Waals surface area (Å²) in [5.41, 5.74) is 0.985. The van der Waals surface area contributed by atoms with E-state index in [0.717, 1.165) is 30.0 Å². The van der Waals surface area contributed by atoms with Crippen LogP contribution in [0.2, 0.25) is 0 Å². The second kappa shape index (κ2) is 10.5. The molecule has 2 aliphatic carbocycles. The summed E-state index contributed by atoms with van der Waals surface area (Å²) in [4.78, 5) is 17.4. The Morgan fingerprint density at radius 1 is 0.889 bits per heavy atom. The van der Waals surface area contributed by atoms with Crippen molar-refractivity contribution < 1.29 is 4.79 Å². The van der Waals surface area contributed by atoms with E-state index in [1.54, 1.807) is 0 Å². The van der Waals surface area contributed by atoms with Crippen molar-refractivity contribution in [3.8, 4) is 0 Å². The van der Waals surface area contributed by atoms with Crippen LogP contribution in [-0.4, -0.2) is 36.4 Å². The average Bonchev–Trinajstić information content (AvgIpc) is 2.74. The van der Waals surface area contributed by atoms with Crippen LogP contribution >= 0.6 is 15.9 Å². The second-order valence-electron chi connectivity index (χ2n) is 8.63. The van der Waals surface area contributed by atoms with Gasteiger partial charge in [-0.05, 0) is 68.4 Å². The quantitative estimate of drug-likeness (QED) is 0.479. The van der Waals surface area contributed by atoms with Crippen LogP contribution in [-0.2, 0) is 0 Å². The summed E-state index contributed by atoms with van der Waals surface area (Å²) in [7, 11) is 1.92. The number of nitrogens with zero attached hydrogens (tertiary/aromatic N) is 2. The Kier molecular flexibility index (Phi) is 8.05. The lowest BCUT2D eigenvalue weighted by molar-refractivity contribution is 0.158. The molecule has 0 atom stereocenters. The smallest absolute Gasteiger partial charge is 0.324 e. The minimum atomic E-state index is 0.175. The summed E-state index contributed by atoms with van der Waals surface area (Å²) in [6.45, 7) is 1.87. The van der Waals surface area contributed by atoms with Crippen LogP contribution < -0.4 is 4.90 Å². The van der Waals surface area contributed by atoms with Gasteiger partial charge in [-0.15, -0.1) is 0 Å². The lowest BCUT2D eigenvalue weighted by Gasteiger charge is -2.37. The molecule has 0 unspecified atom stereocenters. The molecule has 0 radical (unpaired) electrons. The lowest BCUT2D eigenvalue weighted by Crippen LogP contribution is -2.46. The van der Waals surface area contributed by atoms with Gasteiger partial charge in [0.25, 0.3) is 0 Å². The summed E-state index contributed by atoms with van der Waals surface area (Å²) >= 11 is 3.64. The molecule has 0 aromatic heterocycles. The van der Waals surface area contributed by atoms with Gasteiger partial charge >= 0.3 is 6.03 Å². The molecule has 0 bridgehead atoms. The highest BCUT2D eigenvalue weighted by atomic mass is 79.9. The van der Waals surface area contributed by atoms with Gasteiger partial charge in [-0.1, -0.05) is 53.4 Å². The Morgan fingerprint density at radius 3 is 2.04 bits per heavy atom. The fourth-order valence-corrected chi connectivity index (χ4v) is 5.41. The van der Waals surface area contributed by atoms with Crippen LogP contribution in [0.15, 0.2) is 30.3 Å². The van der Waals surface area contributed by atoms with E-state index in [1.807, 2.05) is 42.3 Å². The van der Waals surface area contributed by atoms with Crippen molar-refractivity contribution >= 4 is 27.6 Å². The van der Waals surface area contributed by atoms with Crippen LogP contribution in [0.1, 0.15) is 57.8 Å². The number of rotatable bonds is 6. The highest BCUT2D eigenvalue weighted by molar-refractivity contribution is 9.09. The first kappa shape index (κ1) is 20.7. The van der Waals surface area contributed by atoms with Crippen LogP contribution in [0.25, 0.3) is 0 Å². The van der Waals surface area contributed by atoms with Gasteiger partial charge in [-0.3, -0.25) is 4.90 Å². The number of halogens is 1. The molecule has 0 aliphatic heterocycles. The number of carbonyl (C=O) groups excluding carboxylic acids is 1. The number of hydrogen-bond donors (Lipinski definition) is 0. The average molecular weight is 435 g/mol. The first-order valence-electron chi connectivity index (χ1n) is 10.8. The molecule has 150 valence electrons. The first-order valence-corrected chi connectivity index (χ1v) is 11.9. The van der Waals surface area contributed by atoms with E-state index in [-0.39, 0.29) is 6.03 Å². The van der Waals surface area contributed by atoms with Gasteiger partial charge in [0.2, 0.25) is 0 Å². The summed E-state index contributed by atoms with van der Waals surface area (Å²) in [5, 5.41) is 1.13. The van der Waals surface area contributed by atoms with Gasteiger partial charge in [0, 0.05) is 31.2 Å². The molecule has 3 rings (SSSR count). The number of hydrogen-bond acceptors (Lipinski definition) is 1. The molecule has 2 amide bonds. The number of anilines is 1. The van der Waals surface area contributed by atoms with Crippen molar-refractivity contribution in [3.63, 3.8) is 0 Å². The highest BCUT2D eigenvalue weighted by Crippen LogP contribution is 2.32. The molecule has 2 fully saturated rings. The largest absolute Gasteiger partial charge is 0.324 e. The third-order valence-electron chi connectivity index (χ3n) is 6.57. The van der Waals surface area contributed by atoms with Gasteiger partial charge in [0.1, 0.15) is 0 Å².